The summed E-state index contributed by atoms with van der Waals surface area (Å²) < 4.78 is 0. The van der Waals surface area contributed by atoms with E-state index in [4.69, 9.17) is 0 Å². The molecule has 2 nitrogen and oxygen atoms in total. The fourth-order valence-corrected chi connectivity index (χ4v) is 4.71. The molecule has 3 aliphatic rings. The summed E-state index contributed by atoms with van der Waals surface area (Å²) in [7, 11) is 0. The maximum Gasteiger partial charge on any atom is 0.0309 e. The fraction of sp³-hybridized carbons (Fsp3) is 1.00. The van der Waals surface area contributed by atoms with Crippen molar-refractivity contribution >= 4 is 11.8 Å². The quantitative estimate of drug-likeness (QED) is 0.831. The average Bonchev–Trinajstić information content (AvgIpc) is 3.05. The van der Waals surface area contributed by atoms with E-state index in [-0.39, 0.29) is 0 Å². The monoisotopic (exact) mass is 254 g/mol. The van der Waals surface area contributed by atoms with Crippen molar-refractivity contribution in [2.24, 2.45) is 11.8 Å². The first-order chi connectivity index (χ1) is 8.17. The summed E-state index contributed by atoms with van der Waals surface area (Å²) in [4.78, 5) is 2.77. The summed E-state index contributed by atoms with van der Waals surface area (Å²) >= 11 is 2.15. The minimum Gasteiger partial charge on any atom is -0.308 e. The maximum absolute atomic E-state index is 3.82. The Labute approximate surface area is 110 Å². The van der Waals surface area contributed by atoms with Gasteiger partial charge < -0.3 is 5.32 Å². The summed E-state index contributed by atoms with van der Waals surface area (Å²) in [5, 5.41) is 3.82. The lowest BCUT2D eigenvalue weighted by Gasteiger charge is -2.46. The van der Waals surface area contributed by atoms with Crippen LogP contribution in [-0.4, -0.2) is 47.6 Å². The molecule has 0 spiro atoms. The summed E-state index contributed by atoms with van der Waals surface area (Å²) in [5.41, 5.74) is 0.415. The van der Waals surface area contributed by atoms with Gasteiger partial charge in [-0.1, -0.05) is 0 Å². The molecule has 0 aromatic heterocycles. The van der Waals surface area contributed by atoms with Gasteiger partial charge in [-0.3, -0.25) is 4.90 Å². The van der Waals surface area contributed by atoms with Gasteiger partial charge in [-0.15, -0.1) is 0 Å². The van der Waals surface area contributed by atoms with E-state index in [1.165, 1.54) is 50.4 Å². The summed E-state index contributed by atoms with van der Waals surface area (Å²) in [5.74, 6) is 4.71. The van der Waals surface area contributed by atoms with Crippen LogP contribution < -0.4 is 5.32 Å². The molecule has 98 valence electrons. The molecule has 17 heavy (non-hydrogen) atoms. The zero-order valence-corrected chi connectivity index (χ0v) is 12.1. The van der Waals surface area contributed by atoms with Gasteiger partial charge in [0.2, 0.25) is 0 Å². The van der Waals surface area contributed by atoms with Crippen molar-refractivity contribution in [2.75, 3.05) is 31.1 Å². The lowest BCUT2D eigenvalue weighted by atomic mass is 9.90. The number of nitrogens with zero attached hydrogens (tertiary/aromatic N) is 1. The highest BCUT2D eigenvalue weighted by Crippen LogP contribution is 2.41. The topological polar surface area (TPSA) is 15.3 Å². The molecule has 0 amide bonds. The molecule has 3 atom stereocenters. The molecule has 0 bridgehead atoms. The number of thioether (sulfide) groups is 1. The van der Waals surface area contributed by atoms with Gasteiger partial charge in [-0.05, 0) is 56.5 Å². The average molecular weight is 254 g/mol. The number of hydrogen-bond donors (Lipinski definition) is 1. The molecule has 1 saturated carbocycles. The fourth-order valence-electron chi connectivity index (χ4n) is 3.44. The van der Waals surface area contributed by atoms with Gasteiger partial charge in [0.15, 0.2) is 0 Å². The highest BCUT2D eigenvalue weighted by molar-refractivity contribution is 7.99. The van der Waals surface area contributed by atoms with Gasteiger partial charge in [0.1, 0.15) is 0 Å². The predicted molar refractivity (Wildman–Crippen MR) is 75.6 cm³/mol. The van der Waals surface area contributed by atoms with Crippen molar-refractivity contribution in [1.29, 1.82) is 0 Å². The van der Waals surface area contributed by atoms with Gasteiger partial charge in [0, 0.05) is 31.2 Å². The Kier molecular flexibility index (Phi) is 3.44. The predicted octanol–water partition coefficient (Wildman–Crippen LogP) is 2.20. The second kappa shape index (κ2) is 4.75. The third-order valence-corrected chi connectivity index (χ3v) is 6.18. The molecule has 1 N–H and O–H groups in total. The molecule has 3 unspecified atom stereocenters. The maximum atomic E-state index is 3.82. The van der Waals surface area contributed by atoms with Crippen LogP contribution in [0.4, 0.5) is 0 Å². The van der Waals surface area contributed by atoms with E-state index in [2.05, 4.69) is 35.8 Å². The Hall–Kier alpha value is 0.270. The van der Waals surface area contributed by atoms with Crippen molar-refractivity contribution in [1.82, 2.24) is 10.2 Å². The molecular formula is C14H26N2S. The summed E-state index contributed by atoms with van der Waals surface area (Å²) in [6.07, 6.45) is 4.34. The molecule has 2 saturated heterocycles. The highest BCUT2D eigenvalue weighted by atomic mass is 32.2. The number of nitrogens with one attached hydrogen (secondary N) is 1. The molecule has 3 fully saturated rings. The van der Waals surface area contributed by atoms with Crippen LogP contribution in [0.2, 0.25) is 0 Å². The zero-order chi connectivity index (χ0) is 11.9. The Morgan fingerprint density at radius 3 is 2.82 bits per heavy atom. The van der Waals surface area contributed by atoms with E-state index in [1.54, 1.807) is 0 Å². The largest absolute Gasteiger partial charge is 0.308 e. The Balaban J connectivity index is 1.60. The standard InChI is InChI=1S/C14H26N2S/c1-11-7-15-14(2,13-3-4-13)10-16(11)8-12-5-6-17-9-12/h11-13,15H,3-10H2,1-2H3. The molecule has 1 aliphatic carbocycles. The zero-order valence-electron chi connectivity index (χ0n) is 11.2. The molecule has 0 aromatic rings. The van der Waals surface area contributed by atoms with Crippen LogP contribution in [0.25, 0.3) is 0 Å². The normalized spacial score (nSPS) is 44.1. The van der Waals surface area contributed by atoms with Gasteiger partial charge in [-0.25, -0.2) is 0 Å². The number of piperazine rings is 1. The highest BCUT2D eigenvalue weighted by Gasteiger charge is 2.45. The summed E-state index contributed by atoms with van der Waals surface area (Å²) in [6, 6.07) is 0.729. The molecule has 0 radical (unpaired) electrons. The second-order valence-electron chi connectivity index (χ2n) is 6.58. The first kappa shape index (κ1) is 12.3. The molecule has 2 heterocycles. The van der Waals surface area contributed by atoms with E-state index >= 15 is 0 Å². The van der Waals surface area contributed by atoms with Crippen LogP contribution >= 0.6 is 11.8 Å². The molecule has 3 heteroatoms. The Bertz CT molecular complexity index is 273. The van der Waals surface area contributed by atoms with Gasteiger partial charge >= 0.3 is 0 Å². The number of hydrogen-bond acceptors (Lipinski definition) is 3. The molecule has 3 rings (SSSR count). The first-order valence-corrected chi connectivity index (χ1v) is 8.40. The van der Waals surface area contributed by atoms with Crippen LogP contribution in [-0.2, 0) is 0 Å². The van der Waals surface area contributed by atoms with Crippen LogP contribution in [0.5, 0.6) is 0 Å². The first-order valence-electron chi connectivity index (χ1n) is 7.24. The van der Waals surface area contributed by atoms with Gasteiger partial charge in [0.25, 0.3) is 0 Å². The summed E-state index contributed by atoms with van der Waals surface area (Å²) in [6.45, 7) is 8.65. The minimum atomic E-state index is 0.415. The molecular weight excluding hydrogens is 228 g/mol. The van der Waals surface area contributed by atoms with Crippen molar-refractivity contribution in [3.63, 3.8) is 0 Å². The van der Waals surface area contributed by atoms with E-state index in [0.717, 1.165) is 17.9 Å². The third-order valence-electron chi connectivity index (χ3n) is 4.95. The van der Waals surface area contributed by atoms with Crippen LogP contribution in [0.1, 0.15) is 33.1 Å². The number of rotatable bonds is 3. The van der Waals surface area contributed by atoms with Crippen molar-refractivity contribution in [2.45, 2.75) is 44.7 Å². The van der Waals surface area contributed by atoms with Crippen LogP contribution in [0, 0.1) is 11.8 Å². The van der Waals surface area contributed by atoms with Crippen molar-refractivity contribution < 1.29 is 0 Å². The van der Waals surface area contributed by atoms with Crippen molar-refractivity contribution in [3.05, 3.63) is 0 Å². The van der Waals surface area contributed by atoms with Gasteiger partial charge in [-0.2, -0.15) is 11.8 Å². The second-order valence-corrected chi connectivity index (χ2v) is 7.73. The van der Waals surface area contributed by atoms with Crippen LogP contribution in [0.15, 0.2) is 0 Å². The Morgan fingerprint density at radius 2 is 2.18 bits per heavy atom. The smallest absolute Gasteiger partial charge is 0.0309 e. The van der Waals surface area contributed by atoms with E-state index < -0.39 is 0 Å². The van der Waals surface area contributed by atoms with Crippen molar-refractivity contribution in [3.8, 4) is 0 Å². The van der Waals surface area contributed by atoms with E-state index in [0.29, 0.717) is 5.54 Å². The van der Waals surface area contributed by atoms with Gasteiger partial charge in [0.05, 0.1) is 0 Å². The van der Waals surface area contributed by atoms with Crippen LogP contribution in [0.3, 0.4) is 0 Å². The van der Waals surface area contributed by atoms with E-state index in [1.807, 2.05) is 0 Å². The molecule has 0 aromatic carbocycles. The minimum absolute atomic E-state index is 0.415. The Morgan fingerprint density at radius 1 is 1.35 bits per heavy atom. The van der Waals surface area contributed by atoms with E-state index in [9.17, 15) is 0 Å². The molecule has 2 aliphatic heterocycles. The third kappa shape index (κ3) is 2.66. The lowest BCUT2D eigenvalue weighted by Crippen LogP contribution is -2.63. The SMILES string of the molecule is CC1CNC(C)(C2CC2)CN1CC1CCSC1. The lowest BCUT2D eigenvalue weighted by molar-refractivity contribution is 0.0722.